The molecule has 0 saturated heterocycles. The van der Waals surface area contributed by atoms with Crippen LogP contribution in [0.4, 0.5) is 0 Å². The molecule has 25 heavy (non-hydrogen) atoms. The fraction of sp³-hybridized carbons (Fsp3) is 0.167. The molecule has 128 valence electrons. The number of nitrogens with zero attached hydrogens (tertiary/aromatic N) is 2. The van der Waals surface area contributed by atoms with Gasteiger partial charge in [-0.1, -0.05) is 30.3 Å². The number of amides is 1. The smallest absolute Gasteiger partial charge is 0.322 e. The Labute approximate surface area is 143 Å². The van der Waals surface area contributed by atoms with Crippen LogP contribution in [-0.4, -0.2) is 38.2 Å². The predicted octanol–water partition coefficient (Wildman–Crippen LogP) is 2.17. The SMILES string of the molecule is C[C@H](c1ccccc1)n1ccc2c(O)c(C(=O)NCC(=O)O)ncc21. The van der Waals surface area contributed by atoms with Gasteiger partial charge in [0, 0.05) is 11.6 Å². The molecule has 0 aliphatic carbocycles. The van der Waals surface area contributed by atoms with Crippen LogP contribution in [0.5, 0.6) is 5.75 Å². The second-order valence-electron chi connectivity index (χ2n) is 5.64. The van der Waals surface area contributed by atoms with E-state index < -0.39 is 18.4 Å². The highest BCUT2D eigenvalue weighted by molar-refractivity contribution is 6.01. The zero-order chi connectivity index (χ0) is 18.0. The van der Waals surface area contributed by atoms with Gasteiger partial charge in [0.05, 0.1) is 17.8 Å². The molecule has 7 heteroatoms. The number of carboxylic acids is 1. The Morgan fingerprint density at radius 1 is 1.24 bits per heavy atom. The van der Waals surface area contributed by atoms with E-state index in [1.807, 2.05) is 48.0 Å². The van der Waals surface area contributed by atoms with Crippen molar-refractivity contribution in [1.82, 2.24) is 14.9 Å². The third-order valence-electron chi connectivity index (χ3n) is 4.07. The fourth-order valence-corrected chi connectivity index (χ4v) is 2.75. The number of aliphatic carboxylic acids is 1. The highest BCUT2D eigenvalue weighted by atomic mass is 16.4. The van der Waals surface area contributed by atoms with Gasteiger partial charge in [-0.05, 0) is 18.6 Å². The Hall–Kier alpha value is -3.35. The van der Waals surface area contributed by atoms with Crippen LogP contribution in [0.2, 0.25) is 0 Å². The number of nitrogens with one attached hydrogen (secondary N) is 1. The maximum Gasteiger partial charge on any atom is 0.322 e. The second kappa shape index (κ2) is 6.64. The summed E-state index contributed by atoms with van der Waals surface area (Å²) in [5.41, 5.74) is 1.59. The maximum atomic E-state index is 12.0. The number of benzene rings is 1. The molecule has 0 fully saturated rings. The Morgan fingerprint density at radius 3 is 2.64 bits per heavy atom. The van der Waals surface area contributed by atoms with E-state index in [0.717, 1.165) is 5.56 Å². The standard InChI is InChI=1S/C18H17N3O4/c1-11(12-5-3-2-4-6-12)21-8-7-13-14(21)9-19-16(17(13)24)18(25)20-10-15(22)23/h2-9,11,24H,10H2,1H3,(H,20,25)(H,22,23)/t11-/m1/s1. The summed E-state index contributed by atoms with van der Waals surface area (Å²) in [5.74, 6) is -2.16. The van der Waals surface area contributed by atoms with Crippen molar-refractivity contribution in [2.24, 2.45) is 0 Å². The average Bonchev–Trinajstić information content (AvgIpc) is 3.05. The van der Waals surface area contributed by atoms with Crippen molar-refractivity contribution in [1.29, 1.82) is 0 Å². The van der Waals surface area contributed by atoms with Gasteiger partial charge in [0.15, 0.2) is 11.4 Å². The molecule has 0 spiro atoms. The minimum absolute atomic E-state index is 0.0200. The molecule has 1 aromatic carbocycles. The molecule has 2 aromatic heterocycles. The van der Waals surface area contributed by atoms with Gasteiger partial charge in [0.1, 0.15) is 6.54 Å². The van der Waals surface area contributed by atoms with Crippen LogP contribution in [0.1, 0.15) is 29.0 Å². The number of hydrogen-bond donors (Lipinski definition) is 3. The van der Waals surface area contributed by atoms with E-state index in [1.54, 1.807) is 6.07 Å². The van der Waals surface area contributed by atoms with Gasteiger partial charge in [0.25, 0.3) is 5.91 Å². The summed E-state index contributed by atoms with van der Waals surface area (Å²) < 4.78 is 1.95. The molecule has 0 radical (unpaired) electrons. The monoisotopic (exact) mass is 339 g/mol. The molecular weight excluding hydrogens is 322 g/mol. The number of pyridine rings is 1. The van der Waals surface area contributed by atoms with Crippen molar-refractivity contribution in [3.63, 3.8) is 0 Å². The zero-order valence-corrected chi connectivity index (χ0v) is 13.5. The van der Waals surface area contributed by atoms with Crippen LogP contribution < -0.4 is 5.32 Å². The van der Waals surface area contributed by atoms with Crippen LogP contribution in [0, 0.1) is 0 Å². The molecule has 0 unspecified atom stereocenters. The first-order valence-corrected chi connectivity index (χ1v) is 7.72. The minimum atomic E-state index is -1.17. The third-order valence-corrected chi connectivity index (χ3v) is 4.07. The molecule has 3 rings (SSSR count). The predicted molar refractivity (Wildman–Crippen MR) is 91.6 cm³/mol. The van der Waals surface area contributed by atoms with Crippen LogP contribution in [-0.2, 0) is 4.79 Å². The average molecular weight is 339 g/mol. The molecule has 0 aliphatic heterocycles. The number of rotatable bonds is 5. The summed E-state index contributed by atoms with van der Waals surface area (Å²) in [4.78, 5) is 26.5. The van der Waals surface area contributed by atoms with Gasteiger partial charge in [0.2, 0.25) is 0 Å². The van der Waals surface area contributed by atoms with E-state index in [0.29, 0.717) is 10.9 Å². The van der Waals surface area contributed by atoms with Crippen molar-refractivity contribution in [2.45, 2.75) is 13.0 Å². The molecule has 0 aliphatic rings. The number of hydrogen-bond acceptors (Lipinski definition) is 4. The first-order valence-electron chi connectivity index (χ1n) is 7.72. The van der Waals surface area contributed by atoms with Crippen molar-refractivity contribution in [3.05, 3.63) is 60.0 Å². The lowest BCUT2D eigenvalue weighted by Crippen LogP contribution is -2.29. The van der Waals surface area contributed by atoms with Gasteiger partial charge >= 0.3 is 5.97 Å². The first kappa shape index (κ1) is 16.5. The largest absolute Gasteiger partial charge is 0.505 e. The van der Waals surface area contributed by atoms with Gasteiger partial charge in [-0.25, -0.2) is 4.98 Å². The van der Waals surface area contributed by atoms with E-state index in [-0.39, 0.29) is 17.5 Å². The number of carboxylic acid groups (broad SMARTS) is 1. The second-order valence-corrected chi connectivity index (χ2v) is 5.64. The summed E-state index contributed by atoms with van der Waals surface area (Å²) in [6, 6.07) is 11.6. The van der Waals surface area contributed by atoms with Crippen LogP contribution in [0.15, 0.2) is 48.8 Å². The molecule has 1 atom stereocenters. The fourth-order valence-electron chi connectivity index (χ4n) is 2.75. The first-order chi connectivity index (χ1) is 12.0. The number of fused-ring (bicyclic) bond motifs is 1. The van der Waals surface area contributed by atoms with Crippen molar-refractivity contribution in [2.75, 3.05) is 6.54 Å². The van der Waals surface area contributed by atoms with Gasteiger partial charge in [-0.15, -0.1) is 0 Å². The topological polar surface area (TPSA) is 104 Å². The maximum absolute atomic E-state index is 12.0. The lowest BCUT2D eigenvalue weighted by Gasteiger charge is -2.16. The van der Waals surface area contributed by atoms with Crippen molar-refractivity contribution >= 4 is 22.8 Å². The lowest BCUT2D eigenvalue weighted by atomic mass is 10.1. The lowest BCUT2D eigenvalue weighted by molar-refractivity contribution is -0.135. The zero-order valence-electron chi connectivity index (χ0n) is 13.5. The van der Waals surface area contributed by atoms with Crippen LogP contribution in [0.25, 0.3) is 10.9 Å². The molecule has 0 bridgehead atoms. The van der Waals surface area contributed by atoms with Gasteiger partial charge in [-0.2, -0.15) is 0 Å². The molecule has 1 amide bonds. The van der Waals surface area contributed by atoms with E-state index in [9.17, 15) is 14.7 Å². The van der Waals surface area contributed by atoms with Gasteiger partial charge in [-0.3, -0.25) is 9.59 Å². The Kier molecular flexibility index (Phi) is 4.38. The molecule has 0 saturated carbocycles. The van der Waals surface area contributed by atoms with E-state index >= 15 is 0 Å². The van der Waals surface area contributed by atoms with Crippen LogP contribution >= 0.6 is 0 Å². The third kappa shape index (κ3) is 3.16. The molecule has 3 N–H and O–H groups in total. The summed E-state index contributed by atoms with van der Waals surface area (Å²) in [6.45, 7) is 1.49. The Balaban J connectivity index is 1.97. The normalized spacial score (nSPS) is 12.0. The number of carbonyl (C=O) groups is 2. The van der Waals surface area contributed by atoms with Crippen LogP contribution in [0.3, 0.4) is 0 Å². The summed E-state index contributed by atoms with van der Waals surface area (Å²) in [5, 5.41) is 21.7. The molecule has 7 nitrogen and oxygen atoms in total. The Morgan fingerprint density at radius 2 is 1.96 bits per heavy atom. The molecule has 2 heterocycles. The van der Waals surface area contributed by atoms with Crippen molar-refractivity contribution < 1.29 is 19.8 Å². The van der Waals surface area contributed by atoms with E-state index in [2.05, 4.69) is 10.3 Å². The highest BCUT2D eigenvalue weighted by Gasteiger charge is 2.19. The van der Waals surface area contributed by atoms with E-state index in [1.165, 1.54) is 6.20 Å². The quantitative estimate of drug-likeness (QED) is 0.661. The number of carbonyl (C=O) groups excluding carboxylic acids is 1. The Bertz CT molecular complexity index is 934. The minimum Gasteiger partial charge on any atom is -0.505 e. The van der Waals surface area contributed by atoms with Gasteiger partial charge < -0.3 is 20.1 Å². The number of aromatic nitrogens is 2. The van der Waals surface area contributed by atoms with E-state index in [4.69, 9.17) is 5.11 Å². The molecular formula is C18H17N3O4. The molecule has 3 aromatic rings. The summed E-state index contributed by atoms with van der Waals surface area (Å²) in [7, 11) is 0. The highest BCUT2D eigenvalue weighted by Crippen LogP contribution is 2.31. The summed E-state index contributed by atoms with van der Waals surface area (Å²) in [6.07, 6.45) is 3.33. The summed E-state index contributed by atoms with van der Waals surface area (Å²) >= 11 is 0. The van der Waals surface area contributed by atoms with Crippen molar-refractivity contribution in [3.8, 4) is 5.75 Å². The number of aromatic hydroxyl groups is 1.